The zero-order valence-corrected chi connectivity index (χ0v) is 13.8. The first-order chi connectivity index (χ1) is 11.4. The van der Waals surface area contributed by atoms with E-state index < -0.39 is 0 Å². The number of hydrogen-bond acceptors (Lipinski definition) is 5. The molecule has 0 spiro atoms. The summed E-state index contributed by atoms with van der Waals surface area (Å²) in [5.74, 6) is 0.0479. The van der Waals surface area contributed by atoms with Gasteiger partial charge in [-0.3, -0.25) is 9.79 Å². The molecular weight excluding hydrogens is 306 g/mol. The molecule has 0 fully saturated rings. The number of hydrogen-bond donors (Lipinski definition) is 3. The van der Waals surface area contributed by atoms with Crippen molar-refractivity contribution in [3.63, 3.8) is 0 Å². The van der Waals surface area contributed by atoms with E-state index in [1.165, 1.54) is 6.07 Å². The quantitative estimate of drug-likeness (QED) is 0.711. The number of benzene rings is 2. The zero-order chi connectivity index (χ0) is 17.7. The number of aromatic hydroxyl groups is 3. The van der Waals surface area contributed by atoms with E-state index in [2.05, 4.69) is 4.99 Å². The number of carbonyl (C=O) groups is 1. The van der Waals surface area contributed by atoms with Crippen molar-refractivity contribution in [3.8, 4) is 17.2 Å². The molecule has 0 bridgehead atoms. The fraction of sp³-hybridized carbons (Fsp3) is 0.263. The Hall–Kier alpha value is -2.82. The number of aliphatic imine (C=N–C) groups is 1. The Morgan fingerprint density at radius 2 is 1.88 bits per heavy atom. The molecule has 0 radical (unpaired) electrons. The molecule has 0 saturated heterocycles. The normalized spacial score (nSPS) is 11.5. The van der Waals surface area contributed by atoms with E-state index >= 15 is 0 Å². The largest absolute Gasteiger partial charge is 0.508 e. The SMILES string of the molecule is CCC(=NCC(=O)Cc1cccc(O)c1)c1ccc(O)c(C)c1O. The van der Waals surface area contributed by atoms with Gasteiger partial charge in [-0.05, 0) is 43.2 Å². The smallest absolute Gasteiger partial charge is 0.158 e. The van der Waals surface area contributed by atoms with Gasteiger partial charge in [0.25, 0.3) is 0 Å². The van der Waals surface area contributed by atoms with Gasteiger partial charge in [0.2, 0.25) is 0 Å². The van der Waals surface area contributed by atoms with E-state index in [0.29, 0.717) is 23.3 Å². The van der Waals surface area contributed by atoms with Gasteiger partial charge in [0.1, 0.15) is 17.2 Å². The standard InChI is InChI=1S/C19H21NO4/c1-3-17(16-7-8-18(23)12(2)19(16)24)20-11-15(22)10-13-5-4-6-14(21)9-13/h4-9,21,23-24H,3,10-11H2,1-2H3. The van der Waals surface area contributed by atoms with Crippen LogP contribution in [-0.2, 0) is 11.2 Å². The molecule has 0 aliphatic carbocycles. The highest BCUT2D eigenvalue weighted by Gasteiger charge is 2.13. The molecular formula is C19H21NO4. The summed E-state index contributed by atoms with van der Waals surface area (Å²) in [5, 5.41) is 29.2. The molecule has 0 unspecified atom stereocenters. The minimum atomic E-state index is -0.0819. The van der Waals surface area contributed by atoms with Gasteiger partial charge in [0.05, 0.1) is 6.54 Å². The lowest BCUT2D eigenvalue weighted by molar-refractivity contribution is -0.117. The number of ketones is 1. The number of rotatable bonds is 6. The van der Waals surface area contributed by atoms with Gasteiger partial charge in [-0.2, -0.15) is 0 Å². The van der Waals surface area contributed by atoms with Gasteiger partial charge >= 0.3 is 0 Å². The molecule has 0 aromatic heterocycles. The molecule has 5 nitrogen and oxygen atoms in total. The van der Waals surface area contributed by atoms with E-state index in [4.69, 9.17) is 0 Å². The maximum Gasteiger partial charge on any atom is 0.158 e. The van der Waals surface area contributed by atoms with Crippen LogP contribution in [0.3, 0.4) is 0 Å². The van der Waals surface area contributed by atoms with Crippen molar-refractivity contribution in [2.75, 3.05) is 6.54 Å². The second-order valence-corrected chi connectivity index (χ2v) is 5.61. The number of carbonyl (C=O) groups excluding carboxylic acids is 1. The summed E-state index contributed by atoms with van der Waals surface area (Å²) in [6.07, 6.45) is 0.743. The van der Waals surface area contributed by atoms with Gasteiger partial charge in [-0.15, -0.1) is 0 Å². The van der Waals surface area contributed by atoms with Crippen LogP contribution < -0.4 is 0 Å². The summed E-state index contributed by atoms with van der Waals surface area (Å²) >= 11 is 0. The predicted octanol–water partition coefficient (Wildman–Crippen LogP) is 3.12. The molecule has 2 rings (SSSR count). The average Bonchev–Trinajstić information content (AvgIpc) is 2.55. The summed E-state index contributed by atoms with van der Waals surface area (Å²) < 4.78 is 0. The molecule has 24 heavy (non-hydrogen) atoms. The van der Waals surface area contributed by atoms with Gasteiger partial charge in [0, 0.05) is 23.3 Å². The molecule has 0 saturated carbocycles. The highest BCUT2D eigenvalue weighted by molar-refractivity contribution is 6.04. The van der Waals surface area contributed by atoms with Crippen LogP contribution in [-0.4, -0.2) is 33.4 Å². The number of nitrogens with zero attached hydrogens (tertiary/aromatic N) is 1. The van der Waals surface area contributed by atoms with Gasteiger partial charge in [-0.25, -0.2) is 0 Å². The molecule has 0 atom stereocenters. The molecule has 0 amide bonds. The molecule has 126 valence electrons. The summed E-state index contributed by atoms with van der Waals surface area (Å²) in [6.45, 7) is 3.51. The fourth-order valence-corrected chi connectivity index (χ4v) is 2.44. The van der Waals surface area contributed by atoms with Crippen molar-refractivity contribution in [2.45, 2.75) is 26.7 Å². The second-order valence-electron chi connectivity index (χ2n) is 5.61. The fourth-order valence-electron chi connectivity index (χ4n) is 2.44. The minimum absolute atomic E-state index is 0.00179. The molecule has 2 aromatic rings. The number of Topliss-reactive ketones (excluding diaryl/α,β-unsaturated/α-hetero) is 1. The molecule has 5 heteroatoms. The Morgan fingerprint density at radius 3 is 2.54 bits per heavy atom. The summed E-state index contributed by atoms with van der Waals surface area (Å²) in [6, 6.07) is 9.67. The zero-order valence-electron chi connectivity index (χ0n) is 13.8. The van der Waals surface area contributed by atoms with Crippen LogP contribution in [0.25, 0.3) is 0 Å². The predicted molar refractivity (Wildman–Crippen MR) is 93.0 cm³/mol. The van der Waals surface area contributed by atoms with E-state index in [9.17, 15) is 20.1 Å². The highest BCUT2D eigenvalue weighted by atomic mass is 16.3. The van der Waals surface area contributed by atoms with Crippen molar-refractivity contribution >= 4 is 11.5 Å². The van der Waals surface area contributed by atoms with E-state index in [0.717, 1.165) is 5.56 Å². The summed E-state index contributed by atoms with van der Waals surface area (Å²) in [4.78, 5) is 16.4. The maximum absolute atomic E-state index is 12.1. The lowest BCUT2D eigenvalue weighted by atomic mass is 10.0. The third-order valence-electron chi connectivity index (χ3n) is 3.81. The number of phenolic OH excluding ortho intramolecular Hbond substituents is 3. The summed E-state index contributed by atoms with van der Waals surface area (Å²) in [7, 11) is 0. The van der Waals surface area contributed by atoms with Crippen molar-refractivity contribution in [3.05, 3.63) is 53.1 Å². The Bertz CT molecular complexity index is 781. The topological polar surface area (TPSA) is 90.1 Å². The van der Waals surface area contributed by atoms with Crippen molar-refractivity contribution in [2.24, 2.45) is 4.99 Å². The Labute approximate surface area is 140 Å². The van der Waals surface area contributed by atoms with Crippen LogP contribution in [0.4, 0.5) is 0 Å². The first kappa shape index (κ1) is 17.5. The maximum atomic E-state index is 12.1. The molecule has 2 aromatic carbocycles. The Kier molecular flexibility index (Phi) is 5.58. The van der Waals surface area contributed by atoms with Crippen LogP contribution in [0.15, 0.2) is 41.4 Å². The monoisotopic (exact) mass is 327 g/mol. The summed E-state index contributed by atoms with van der Waals surface area (Å²) in [5.41, 5.74) is 2.26. The molecule has 0 aliphatic heterocycles. The third-order valence-corrected chi connectivity index (χ3v) is 3.81. The highest BCUT2D eigenvalue weighted by Crippen LogP contribution is 2.30. The van der Waals surface area contributed by atoms with Gasteiger partial charge < -0.3 is 15.3 Å². The number of phenols is 3. The van der Waals surface area contributed by atoms with Crippen LogP contribution in [0.1, 0.15) is 30.0 Å². The van der Waals surface area contributed by atoms with Crippen molar-refractivity contribution in [1.82, 2.24) is 0 Å². The van der Waals surface area contributed by atoms with Gasteiger partial charge in [-0.1, -0.05) is 19.1 Å². The van der Waals surface area contributed by atoms with E-state index in [-0.39, 0.29) is 36.0 Å². The molecule has 0 aliphatic rings. The minimum Gasteiger partial charge on any atom is -0.508 e. The lowest BCUT2D eigenvalue weighted by Gasteiger charge is -2.10. The van der Waals surface area contributed by atoms with Gasteiger partial charge in [0.15, 0.2) is 5.78 Å². The van der Waals surface area contributed by atoms with Crippen LogP contribution >= 0.6 is 0 Å². The average molecular weight is 327 g/mol. The first-order valence-corrected chi connectivity index (χ1v) is 7.77. The van der Waals surface area contributed by atoms with E-state index in [1.54, 1.807) is 37.3 Å². The van der Waals surface area contributed by atoms with Crippen LogP contribution in [0, 0.1) is 6.92 Å². The van der Waals surface area contributed by atoms with E-state index in [1.807, 2.05) is 6.92 Å². The van der Waals surface area contributed by atoms with Crippen molar-refractivity contribution < 1.29 is 20.1 Å². The second kappa shape index (κ2) is 7.64. The molecule has 3 N–H and O–H groups in total. The van der Waals surface area contributed by atoms with Crippen LogP contribution in [0.2, 0.25) is 0 Å². The first-order valence-electron chi connectivity index (χ1n) is 7.77. The van der Waals surface area contributed by atoms with Crippen molar-refractivity contribution in [1.29, 1.82) is 0 Å². The third kappa shape index (κ3) is 4.13. The lowest BCUT2D eigenvalue weighted by Crippen LogP contribution is -2.10. The Balaban J connectivity index is 2.14. The van der Waals surface area contributed by atoms with Crippen LogP contribution in [0.5, 0.6) is 17.2 Å². The Morgan fingerprint density at radius 1 is 1.12 bits per heavy atom. The molecule has 0 heterocycles.